The molecule has 0 aromatic heterocycles. The summed E-state index contributed by atoms with van der Waals surface area (Å²) in [6.07, 6.45) is 3.29. The maximum absolute atomic E-state index is 9.58. The third-order valence-corrected chi connectivity index (χ3v) is 1.42. The fraction of sp³-hybridized carbons (Fsp3) is 1.00. The zero-order chi connectivity index (χ0) is 6.69. The van der Waals surface area contributed by atoms with Crippen molar-refractivity contribution in [2.24, 2.45) is 5.92 Å². The molecule has 1 fully saturated rings. The molecule has 0 atom stereocenters. The van der Waals surface area contributed by atoms with Crippen LogP contribution in [0.3, 0.4) is 0 Å². The molecule has 0 amide bonds. The number of hydrogen-bond donors (Lipinski definition) is 0. The summed E-state index contributed by atoms with van der Waals surface area (Å²) >= 11 is 0. The van der Waals surface area contributed by atoms with Gasteiger partial charge < -0.3 is 4.84 Å². The first-order valence-electron chi connectivity index (χ1n) is 3.06. The maximum Gasteiger partial charge on any atom is 0.294 e. The van der Waals surface area contributed by atoms with Crippen LogP contribution in [0.25, 0.3) is 0 Å². The Hall–Kier alpha value is -0.800. The summed E-state index contributed by atoms with van der Waals surface area (Å²) in [6, 6.07) is 0. The largest absolute Gasteiger partial charge is 0.314 e. The SMILES string of the molecule is O=[N+]([O-])OCCC1CC1. The number of nitrogens with zero attached hydrogens (tertiary/aromatic N) is 1. The van der Waals surface area contributed by atoms with Crippen LogP contribution >= 0.6 is 0 Å². The molecule has 0 unspecified atom stereocenters. The molecule has 0 spiro atoms. The number of rotatable bonds is 4. The summed E-state index contributed by atoms with van der Waals surface area (Å²) < 4.78 is 0. The van der Waals surface area contributed by atoms with Crippen LogP contribution in [0.1, 0.15) is 19.3 Å². The van der Waals surface area contributed by atoms with Crippen LogP contribution in [-0.2, 0) is 4.84 Å². The fourth-order valence-corrected chi connectivity index (χ4v) is 0.700. The molecule has 1 aliphatic carbocycles. The normalized spacial score (nSPS) is 17.3. The highest BCUT2D eigenvalue weighted by Crippen LogP contribution is 2.31. The van der Waals surface area contributed by atoms with Crippen molar-refractivity contribution in [3.05, 3.63) is 10.1 Å². The molecule has 0 aromatic rings. The fourth-order valence-electron chi connectivity index (χ4n) is 0.700. The Bertz CT molecular complexity index is 111. The van der Waals surface area contributed by atoms with E-state index < -0.39 is 5.09 Å². The second kappa shape index (κ2) is 2.66. The van der Waals surface area contributed by atoms with E-state index >= 15 is 0 Å². The molecule has 0 aromatic carbocycles. The molecule has 1 saturated carbocycles. The Balaban J connectivity index is 1.86. The standard InChI is InChI=1S/C5H9NO3/c7-6(8)9-4-3-5-1-2-5/h5H,1-4H2. The Morgan fingerprint density at radius 1 is 1.67 bits per heavy atom. The van der Waals surface area contributed by atoms with Gasteiger partial charge in [-0.1, -0.05) is 12.8 Å². The van der Waals surface area contributed by atoms with Gasteiger partial charge in [0.2, 0.25) is 0 Å². The quantitative estimate of drug-likeness (QED) is 0.422. The van der Waals surface area contributed by atoms with Crippen molar-refractivity contribution in [3.63, 3.8) is 0 Å². The third kappa shape index (κ3) is 2.90. The van der Waals surface area contributed by atoms with Gasteiger partial charge in [-0.15, -0.1) is 10.1 Å². The topological polar surface area (TPSA) is 52.4 Å². The highest BCUT2D eigenvalue weighted by molar-refractivity contribution is 4.71. The lowest BCUT2D eigenvalue weighted by Crippen LogP contribution is -2.02. The van der Waals surface area contributed by atoms with Crippen molar-refractivity contribution in [2.45, 2.75) is 19.3 Å². The van der Waals surface area contributed by atoms with E-state index in [-0.39, 0.29) is 6.61 Å². The zero-order valence-electron chi connectivity index (χ0n) is 5.08. The molecular weight excluding hydrogens is 122 g/mol. The second-order valence-corrected chi connectivity index (χ2v) is 2.29. The highest BCUT2D eigenvalue weighted by Gasteiger charge is 2.20. The van der Waals surface area contributed by atoms with Crippen LogP contribution in [0.5, 0.6) is 0 Å². The first-order valence-corrected chi connectivity index (χ1v) is 3.06. The predicted molar refractivity (Wildman–Crippen MR) is 30.3 cm³/mol. The minimum Gasteiger partial charge on any atom is -0.314 e. The van der Waals surface area contributed by atoms with E-state index in [4.69, 9.17) is 0 Å². The van der Waals surface area contributed by atoms with E-state index in [0.29, 0.717) is 5.92 Å². The molecule has 1 rings (SSSR count). The molecule has 52 valence electrons. The van der Waals surface area contributed by atoms with E-state index in [1.165, 1.54) is 12.8 Å². The lowest BCUT2D eigenvalue weighted by molar-refractivity contribution is -0.757. The zero-order valence-corrected chi connectivity index (χ0v) is 5.08. The van der Waals surface area contributed by atoms with Crippen LogP contribution in [0.15, 0.2) is 0 Å². The Morgan fingerprint density at radius 3 is 2.78 bits per heavy atom. The first-order chi connectivity index (χ1) is 4.29. The smallest absolute Gasteiger partial charge is 0.294 e. The van der Waals surface area contributed by atoms with Crippen LogP contribution in [0.4, 0.5) is 0 Å². The van der Waals surface area contributed by atoms with E-state index in [1.54, 1.807) is 0 Å². The third-order valence-electron chi connectivity index (χ3n) is 1.42. The lowest BCUT2D eigenvalue weighted by atomic mass is 10.3. The van der Waals surface area contributed by atoms with Gasteiger partial charge in [-0.05, 0) is 12.3 Å². The van der Waals surface area contributed by atoms with Crippen LogP contribution < -0.4 is 0 Å². The summed E-state index contributed by atoms with van der Waals surface area (Å²) in [7, 11) is 0. The lowest BCUT2D eigenvalue weighted by Gasteiger charge is -1.93. The molecule has 9 heavy (non-hydrogen) atoms. The van der Waals surface area contributed by atoms with Crippen LogP contribution in [0.2, 0.25) is 0 Å². The van der Waals surface area contributed by atoms with Crippen LogP contribution in [-0.4, -0.2) is 11.7 Å². The molecular formula is C5H9NO3. The van der Waals surface area contributed by atoms with Crippen molar-refractivity contribution in [2.75, 3.05) is 6.61 Å². The molecule has 0 N–H and O–H groups in total. The Morgan fingerprint density at radius 2 is 2.33 bits per heavy atom. The Labute approximate surface area is 52.9 Å². The van der Waals surface area contributed by atoms with Gasteiger partial charge in [0.05, 0.1) is 6.61 Å². The van der Waals surface area contributed by atoms with Crippen LogP contribution in [0, 0.1) is 16.0 Å². The number of hydrogen-bond acceptors (Lipinski definition) is 3. The molecule has 0 heterocycles. The van der Waals surface area contributed by atoms with Crippen molar-refractivity contribution in [1.82, 2.24) is 0 Å². The second-order valence-electron chi connectivity index (χ2n) is 2.29. The van der Waals surface area contributed by atoms with Gasteiger partial charge in [-0.3, -0.25) is 0 Å². The average molecular weight is 131 g/mol. The summed E-state index contributed by atoms with van der Waals surface area (Å²) in [5.74, 6) is 0.713. The molecule has 0 bridgehead atoms. The minimum atomic E-state index is -0.734. The van der Waals surface area contributed by atoms with Crippen molar-refractivity contribution in [3.8, 4) is 0 Å². The van der Waals surface area contributed by atoms with E-state index in [9.17, 15) is 10.1 Å². The van der Waals surface area contributed by atoms with E-state index in [2.05, 4.69) is 4.84 Å². The minimum absolute atomic E-state index is 0.275. The van der Waals surface area contributed by atoms with Gasteiger partial charge in [0.25, 0.3) is 5.09 Å². The maximum atomic E-state index is 9.58. The molecule has 0 radical (unpaired) electrons. The van der Waals surface area contributed by atoms with Gasteiger partial charge in [-0.2, -0.15) is 0 Å². The van der Waals surface area contributed by atoms with Crippen molar-refractivity contribution < 1.29 is 9.92 Å². The molecule has 4 nitrogen and oxygen atoms in total. The Kier molecular flexibility index (Phi) is 1.87. The molecule has 0 aliphatic heterocycles. The predicted octanol–water partition coefficient (Wildman–Crippen LogP) is 0.995. The monoisotopic (exact) mass is 131 g/mol. The summed E-state index contributed by atoms with van der Waals surface area (Å²) in [6.45, 7) is 0.275. The summed E-state index contributed by atoms with van der Waals surface area (Å²) in [4.78, 5) is 13.7. The molecule has 4 heteroatoms. The molecule has 0 saturated heterocycles. The summed E-state index contributed by atoms with van der Waals surface area (Å²) in [5, 5.41) is 8.85. The van der Waals surface area contributed by atoms with Gasteiger partial charge in [-0.25, -0.2) is 0 Å². The van der Waals surface area contributed by atoms with E-state index in [1.807, 2.05) is 0 Å². The van der Waals surface area contributed by atoms with Gasteiger partial charge in [0.15, 0.2) is 0 Å². The van der Waals surface area contributed by atoms with Gasteiger partial charge in [0, 0.05) is 0 Å². The van der Waals surface area contributed by atoms with E-state index in [0.717, 1.165) is 6.42 Å². The first kappa shape index (κ1) is 6.32. The van der Waals surface area contributed by atoms with Crippen molar-refractivity contribution in [1.29, 1.82) is 0 Å². The summed E-state index contributed by atoms with van der Waals surface area (Å²) in [5.41, 5.74) is 0. The van der Waals surface area contributed by atoms with Gasteiger partial charge >= 0.3 is 0 Å². The average Bonchev–Trinajstić information content (AvgIpc) is 2.48. The highest BCUT2D eigenvalue weighted by atomic mass is 16.9. The van der Waals surface area contributed by atoms with Crippen molar-refractivity contribution >= 4 is 0 Å². The molecule has 1 aliphatic rings. The van der Waals surface area contributed by atoms with Gasteiger partial charge in [0.1, 0.15) is 0 Å².